The maximum atomic E-state index is 12.0. The van der Waals surface area contributed by atoms with Crippen LogP contribution in [0.4, 0.5) is 0 Å². The van der Waals surface area contributed by atoms with Gasteiger partial charge in [0.15, 0.2) is 0 Å². The second kappa shape index (κ2) is 6.56. The van der Waals surface area contributed by atoms with Gasteiger partial charge >= 0.3 is 0 Å². The van der Waals surface area contributed by atoms with E-state index in [4.69, 9.17) is 0 Å². The van der Waals surface area contributed by atoms with Gasteiger partial charge in [-0.2, -0.15) is 0 Å². The van der Waals surface area contributed by atoms with E-state index in [9.17, 15) is 4.79 Å². The average molecular weight is 250 g/mol. The van der Waals surface area contributed by atoms with E-state index >= 15 is 0 Å². The molecule has 2 N–H and O–H groups in total. The van der Waals surface area contributed by atoms with Gasteiger partial charge in [-0.05, 0) is 18.1 Å². The fraction of sp³-hybridized carbons (Fsp3) is 0.615. The van der Waals surface area contributed by atoms with Gasteiger partial charge < -0.3 is 15.2 Å². The highest BCUT2D eigenvalue weighted by atomic mass is 16.2. The Kier molecular flexibility index (Phi) is 4.78. The SMILES string of the molecule is CN(CCc1cc[nH]c1)C(=O)CN1CCNCC1. The van der Waals surface area contributed by atoms with Gasteiger partial charge in [0.2, 0.25) is 5.91 Å². The van der Waals surface area contributed by atoms with Crippen LogP contribution in [0.5, 0.6) is 0 Å². The molecule has 18 heavy (non-hydrogen) atoms. The Morgan fingerprint density at radius 1 is 1.44 bits per heavy atom. The molecular weight excluding hydrogens is 228 g/mol. The molecule has 0 aliphatic carbocycles. The Balaban J connectivity index is 1.70. The molecule has 2 rings (SSSR count). The van der Waals surface area contributed by atoms with E-state index in [1.54, 1.807) is 0 Å². The van der Waals surface area contributed by atoms with Crippen LogP contribution in [-0.4, -0.2) is 67.0 Å². The number of H-pyrrole nitrogens is 1. The minimum Gasteiger partial charge on any atom is -0.367 e. The van der Waals surface area contributed by atoms with Crippen molar-refractivity contribution in [3.63, 3.8) is 0 Å². The summed E-state index contributed by atoms with van der Waals surface area (Å²) < 4.78 is 0. The van der Waals surface area contributed by atoms with Crippen molar-refractivity contribution in [3.05, 3.63) is 24.0 Å². The Bertz CT molecular complexity index is 357. The molecule has 0 unspecified atom stereocenters. The zero-order valence-electron chi connectivity index (χ0n) is 11.0. The normalized spacial score (nSPS) is 16.7. The second-order valence-corrected chi connectivity index (χ2v) is 4.81. The zero-order valence-corrected chi connectivity index (χ0v) is 11.0. The quantitative estimate of drug-likeness (QED) is 0.768. The summed E-state index contributed by atoms with van der Waals surface area (Å²) in [5, 5.41) is 3.29. The highest BCUT2D eigenvalue weighted by Crippen LogP contribution is 2.00. The van der Waals surface area contributed by atoms with Crippen LogP contribution >= 0.6 is 0 Å². The van der Waals surface area contributed by atoms with Gasteiger partial charge in [-0.25, -0.2) is 0 Å². The molecule has 1 saturated heterocycles. The first-order chi connectivity index (χ1) is 8.75. The second-order valence-electron chi connectivity index (χ2n) is 4.81. The summed E-state index contributed by atoms with van der Waals surface area (Å²) in [6.07, 6.45) is 4.81. The maximum Gasteiger partial charge on any atom is 0.236 e. The Labute approximate surface area is 108 Å². The third kappa shape index (κ3) is 3.85. The summed E-state index contributed by atoms with van der Waals surface area (Å²) in [4.78, 5) is 19.1. The summed E-state index contributed by atoms with van der Waals surface area (Å²) in [6, 6.07) is 2.05. The van der Waals surface area contributed by atoms with Crippen LogP contribution in [0.2, 0.25) is 0 Å². The van der Waals surface area contributed by atoms with Crippen molar-refractivity contribution >= 4 is 5.91 Å². The number of hydrogen-bond donors (Lipinski definition) is 2. The average Bonchev–Trinajstić information content (AvgIpc) is 2.90. The third-order valence-corrected chi connectivity index (χ3v) is 3.39. The summed E-state index contributed by atoms with van der Waals surface area (Å²) in [5.41, 5.74) is 1.25. The predicted molar refractivity (Wildman–Crippen MR) is 71.4 cm³/mol. The maximum absolute atomic E-state index is 12.0. The topological polar surface area (TPSA) is 51.4 Å². The van der Waals surface area contributed by atoms with E-state index in [-0.39, 0.29) is 5.91 Å². The van der Waals surface area contributed by atoms with E-state index in [0.717, 1.165) is 39.1 Å². The minimum atomic E-state index is 0.215. The highest BCUT2D eigenvalue weighted by molar-refractivity contribution is 5.78. The monoisotopic (exact) mass is 250 g/mol. The van der Waals surface area contributed by atoms with Crippen LogP contribution in [0, 0.1) is 0 Å². The van der Waals surface area contributed by atoms with Crippen LogP contribution in [0.15, 0.2) is 18.5 Å². The molecule has 1 amide bonds. The standard InChI is InChI=1S/C13H22N4O/c1-16(7-3-12-2-4-15-10-12)13(18)11-17-8-5-14-6-9-17/h2,4,10,14-15H,3,5-9,11H2,1H3. The first-order valence-corrected chi connectivity index (χ1v) is 6.54. The van der Waals surface area contributed by atoms with Gasteiger partial charge in [0, 0.05) is 52.2 Å². The molecule has 1 aromatic heterocycles. The number of likely N-dealkylation sites (N-methyl/N-ethyl adjacent to an activating group) is 1. The molecule has 5 heteroatoms. The van der Waals surface area contributed by atoms with E-state index in [1.165, 1.54) is 5.56 Å². The van der Waals surface area contributed by atoms with Gasteiger partial charge in [-0.1, -0.05) is 0 Å². The molecule has 1 aromatic rings. The van der Waals surface area contributed by atoms with Crippen molar-refractivity contribution in [2.45, 2.75) is 6.42 Å². The molecule has 0 aromatic carbocycles. The Morgan fingerprint density at radius 2 is 2.22 bits per heavy atom. The molecule has 0 bridgehead atoms. The molecule has 0 saturated carbocycles. The van der Waals surface area contributed by atoms with E-state index in [0.29, 0.717) is 6.54 Å². The number of amides is 1. The molecular formula is C13H22N4O. The van der Waals surface area contributed by atoms with Crippen molar-refractivity contribution in [2.24, 2.45) is 0 Å². The lowest BCUT2D eigenvalue weighted by molar-refractivity contribution is -0.131. The summed E-state index contributed by atoms with van der Waals surface area (Å²) in [6.45, 7) is 5.24. The number of aromatic amines is 1. The summed E-state index contributed by atoms with van der Waals surface area (Å²) in [7, 11) is 1.89. The number of carbonyl (C=O) groups is 1. The van der Waals surface area contributed by atoms with Gasteiger partial charge in [0.25, 0.3) is 0 Å². The number of aromatic nitrogens is 1. The number of carbonyl (C=O) groups excluding carboxylic acids is 1. The van der Waals surface area contributed by atoms with Crippen LogP contribution in [0.1, 0.15) is 5.56 Å². The lowest BCUT2D eigenvalue weighted by atomic mass is 10.2. The predicted octanol–water partition coefficient (Wildman–Crippen LogP) is -0.0792. The molecule has 1 fully saturated rings. The fourth-order valence-electron chi connectivity index (χ4n) is 2.12. The Hall–Kier alpha value is -1.33. The minimum absolute atomic E-state index is 0.215. The van der Waals surface area contributed by atoms with Crippen molar-refractivity contribution < 1.29 is 4.79 Å². The molecule has 2 heterocycles. The fourth-order valence-corrected chi connectivity index (χ4v) is 2.12. The van der Waals surface area contributed by atoms with Crippen LogP contribution in [0.25, 0.3) is 0 Å². The molecule has 0 atom stereocenters. The van der Waals surface area contributed by atoms with E-state index in [2.05, 4.69) is 21.3 Å². The summed E-state index contributed by atoms with van der Waals surface area (Å²) >= 11 is 0. The molecule has 5 nitrogen and oxygen atoms in total. The number of piperazine rings is 1. The molecule has 100 valence electrons. The number of rotatable bonds is 5. The first kappa shape index (κ1) is 13.1. The third-order valence-electron chi connectivity index (χ3n) is 3.39. The largest absolute Gasteiger partial charge is 0.367 e. The summed E-state index contributed by atoms with van der Waals surface area (Å²) in [5.74, 6) is 0.215. The zero-order chi connectivity index (χ0) is 12.8. The Morgan fingerprint density at radius 3 is 2.89 bits per heavy atom. The van der Waals surface area contributed by atoms with Crippen molar-refractivity contribution in [2.75, 3.05) is 46.3 Å². The van der Waals surface area contributed by atoms with Gasteiger partial charge in [-0.15, -0.1) is 0 Å². The van der Waals surface area contributed by atoms with Crippen molar-refractivity contribution in [1.29, 1.82) is 0 Å². The van der Waals surface area contributed by atoms with Crippen LogP contribution in [-0.2, 0) is 11.2 Å². The van der Waals surface area contributed by atoms with Crippen LogP contribution in [0.3, 0.4) is 0 Å². The van der Waals surface area contributed by atoms with E-state index < -0.39 is 0 Å². The van der Waals surface area contributed by atoms with Crippen LogP contribution < -0.4 is 5.32 Å². The first-order valence-electron chi connectivity index (χ1n) is 6.54. The highest BCUT2D eigenvalue weighted by Gasteiger charge is 2.16. The number of nitrogens with zero attached hydrogens (tertiary/aromatic N) is 2. The van der Waals surface area contributed by atoms with Gasteiger partial charge in [-0.3, -0.25) is 9.69 Å². The smallest absolute Gasteiger partial charge is 0.236 e. The molecule has 0 radical (unpaired) electrons. The lowest BCUT2D eigenvalue weighted by Gasteiger charge is -2.28. The van der Waals surface area contributed by atoms with E-state index in [1.807, 2.05) is 24.3 Å². The molecule has 0 spiro atoms. The lowest BCUT2D eigenvalue weighted by Crippen LogP contribution is -2.48. The number of nitrogens with one attached hydrogen (secondary N) is 2. The van der Waals surface area contributed by atoms with Gasteiger partial charge in [0.1, 0.15) is 0 Å². The molecule has 1 aliphatic rings. The van der Waals surface area contributed by atoms with Crippen molar-refractivity contribution in [3.8, 4) is 0 Å². The molecule has 1 aliphatic heterocycles. The number of hydrogen-bond acceptors (Lipinski definition) is 3. The van der Waals surface area contributed by atoms with Crippen molar-refractivity contribution in [1.82, 2.24) is 20.1 Å². The van der Waals surface area contributed by atoms with Gasteiger partial charge in [0.05, 0.1) is 6.54 Å².